The molecule has 1 saturated heterocycles. The number of hydrogen-bond donors (Lipinski definition) is 1. The van der Waals surface area contributed by atoms with Gasteiger partial charge in [-0.3, -0.25) is 4.79 Å². The van der Waals surface area contributed by atoms with Gasteiger partial charge in [-0.15, -0.1) is 0 Å². The van der Waals surface area contributed by atoms with Crippen molar-refractivity contribution < 1.29 is 19.1 Å². The van der Waals surface area contributed by atoms with Crippen LogP contribution in [0, 0.1) is 5.92 Å². The molecule has 0 bridgehead atoms. The summed E-state index contributed by atoms with van der Waals surface area (Å²) in [6.07, 6.45) is 4.74. The van der Waals surface area contributed by atoms with E-state index >= 15 is 0 Å². The molecule has 0 aliphatic carbocycles. The van der Waals surface area contributed by atoms with Crippen LogP contribution in [0.2, 0.25) is 0 Å². The first-order chi connectivity index (χ1) is 16.5. The van der Waals surface area contributed by atoms with Gasteiger partial charge in [-0.2, -0.15) is 0 Å². The topological polar surface area (TPSA) is 67.9 Å². The largest absolute Gasteiger partial charge is 0.494 e. The van der Waals surface area contributed by atoms with Crippen LogP contribution in [0.4, 0.5) is 4.79 Å². The molecule has 2 aromatic rings. The minimum atomic E-state index is -0.199. The fourth-order valence-electron chi connectivity index (χ4n) is 4.06. The van der Waals surface area contributed by atoms with E-state index in [1.54, 1.807) is 0 Å². The Kier molecular flexibility index (Phi) is 9.80. The van der Waals surface area contributed by atoms with Crippen LogP contribution in [0.1, 0.15) is 63.2 Å². The van der Waals surface area contributed by atoms with Gasteiger partial charge in [0, 0.05) is 25.2 Å². The molecule has 0 atom stereocenters. The summed E-state index contributed by atoms with van der Waals surface area (Å²) in [4.78, 5) is 26.0. The summed E-state index contributed by atoms with van der Waals surface area (Å²) >= 11 is 0. The lowest BCUT2D eigenvalue weighted by molar-refractivity contribution is 0.0637. The number of nitrogens with zero attached hydrogens (tertiary/aromatic N) is 1. The Labute approximate surface area is 203 Å². The van der Waals surface area contributed by atoms with E-state index in [9.17, 15) is 9.59 Å². The normalized spacial score (nSPS) is 14.2. The highest BCUT2D eigenvalue weighted by atomic mass is 16.6. The molecule has 3 rings (SSSR count). The zero-order valence-electron chi connectivity index (χ0n) is 20.7. The Balaban J connectivity index is 1.40. The van der Waals surface area contributed by atoms with Gasteiger partial charge in [0.15, 0.2) is 0 Å². The molecule has 0 unspecified atom stereocenters. The quantitative estimate of drug-likeness (QED) is 0.442. The van der Waals surface area contributed by atoms with Crippen LogP contribution in [0.5, 0.6) is 5.75 Å². The number of piperidine rings is 1. The van der Waals surface area contributed by atoms with Crippen LogP contribution >= 0.6 is 0 Å². The number of likely N-dealkylation sites (tertiary alicyclic amines) is 1. The number of nitrogens with one attached hydrogen (secondary N) is 1. The van der Waals surface area contributed by atoms with E-state index in [0.717, 1.165) is 62.1 Å². The molecule has 1 fully saturated rings. The monoisotopic (exact) mass is 466 g/mol. The highest BCUT2D eigenvalue weighted by molar-refractivity contribution is 5.94. The maximum absolute atomic E-state index is 12.2. The molecular weight excluding hydrogens is 428 g/mol. The Bertz CT molecular complexity index is 901. The number of amides is 2. The second kappa shape index (κ2) is 13.0. The maximum Gasteiger partial charge on any atom is 0.410 e. The number of unbranched alkanes of at least 4 members (excludes halogenated alkanes) is 1. The third-order valence-corrected chi connectivity index (χ3v) is 6.15. The van der Waals surface area contributed by atoms with E-state index in [1.165, 1.54) is 0 Å². The molecule has 2 aromatic carbocycles. The molecule has 1 heterocycles. The molecule has 0 spiro atoms. The number of hydrogen-bond acceptors (Lipinski definition) is 4. The minimum absolute atomic E-state index is 0.0232. The van der Waals surface area contributed by atoms with E-state index in [4.69, 9.17) is 9.47 Å². The van der Waals surface area contributed by atoms with E-state index in [2.05, 4.69) is 12.2 Å². The lowest BCUT2D eigenvalue weighted by atomic mass is 9.94. The molecule has 0 saturated carbocycles. The third-order valence-electron chi connectivity index (χ3n) is 6.15. The molecule has 6 nitrogen and oxygen atoms in total. The predicted octanol–water partition coefficient (Wildman–Crippen LogP) is 5.91. The SMILES string of the molecule is CCCCNC(=O)c1ccc(-c2ccc(OCCC3CCN(C(=O)OC(C)C)CC3)cc2)cc1. The number of ether oxygens (including phenoxy) is 2. The van der Waals surface area contributed by atoms with E-state index in [0.29, 0.717) is 24.6 Å². The van der Waals surface area contributed by atoms with Gasteiger partial charge in [-0.1, -0.05) is 37.6 Å². The summed E-state index contributed by atoms with van der Waals surface area (Å²) < 4.78 is 11.2. The predicted molar refractivity (Wildman–Crippen MR) is 135 cm³/mol. The van der Waals surface area contributed by atoms with Crippen molar-refractivity contribution in [2.75, 3.05) is 26.2 Å². The Hall–Kier alpha value is -3.02. The van der Waals surface area contributed by atoms with E-state index in [1.807, 2.05) is 67.3 Å². The molecule has 1 N–H and O–H groups in total. The standard InChI is InChI=1S/C28H38N2O4/c1-4-5-17-29-27(31)25-8-6-23(7-9-25)24-10-12-26(13-11-24)33-20-16-22-14-18-30(19-15-22)28(32)34-21(2)3/h6-13,21-22H,4-5,14-20H2,1-3H3,(H,29,31). The summed E-state index contributed by atoms with van der Waals surface area (Å²) in [5.74, 6) is 1.40. The highest BCUT2D eigenvalue weighted by Crippen LogP contribution is 2.25. The van der Waals surface area contributed by atoms with Crippen molar-refractivity contribution in [3.05, 3.63) is 54.1 Å². The molecule has 184 valence electrons. The molecule has 0 aromatic heterocycles. The first kappa shape index (κ1) is 25.6. The zero-order chi connectivity index (χ0) is 24.3. The van der Waals surface area contributed by atoms with Gasteiger partial charge in [0.2, 0.25) is 0 Å². The van der Waals surface area contributed by atoms with Crippen molar-refractivity contribution in [3.8, 4) is 16.9 Å². The molecule has 6 heteroatoms. The van der Waals surface area contributed by atoms with Gasteiger partial charge >= 0.3 is 6.09 Å². The molecule has 34 heavy (non-hydrogen) atoms. The number of benzene rings is 2. The van der Waals surface area contributed by atoms with Crippen molar-refractivity contribution in [3.63, 3.8) is 0 Å². The van der Waals surface area contributed by atoms with Gasteiger partial charge in [0.05, 0.1) is 12.7 Å². The van der Waals surface area contributed by atoms with Crippen LogP contribution in [-0.2, 0) is 4.74 Å². The van der Waals surface area contributed by atoms with Crippen molar-refractivity contribution in [2.45, 2.75) is 59.0 Å². The van der Waals surface area contributed by atoms with Gasteiger partial charge in [0.1, 0.15) is 5.75 Å². The molecular formula is C28H38N2O4. The van der Waals surface area contributed by atoms with Crippen molar-refractivity contribution in [2.24, 2.45) is 5.92 Å². The fraction of sp³-hybridized carbons (Fsp3) is 0.500. The summed E-state index contributed by atoms with van der Waals surface area (Å²) in [5.41, 5.74) is 2.84. The maximum atomic E-state index is 12.2. The van der Waals surface area contributed by atoms with Crippen LogP contribution in [-0.4, -0.2) is 49.2 Å². The number of rotatable bonds is 10. The second-order valence-electron chi connectivity index (χ2n) is 9.21. The smallest absolute Gasteiger partial charge is 0.410 e. The third kappa shape index (κ3) is 7.79. The highest BCUT2D eigenvalue weighted by Gasteiger charge is 2.24. The second-order valence-corrected chi connectivity index (χ2v) is 9.21. The summed E-state index contributed by atoms with van der Waals surface area (Å²) in [6, 6.07) is 15.8. The fourth-order valence-corrected chi connectivity index (χ4v) is 4.06. The summed E-state index contributed by atoms with van der Waals surface area (Å²) in [7, 11) is 0. The molecule has 2 amide bonds. The number of carbonyl (C=O) groups excluding carboxylic acids is 2. The number of carbonyl (C=O) groups is 2. The van der Waals surface area contributed by atoms with Crippen molar-refractivity contribution in [1.82, 2.24) is 10.2 Å². The first-order valence-corrected chi connectivity index (χ1v) is 12.5. The lowest BCUT2D eigenvalue weighted by Gasteiger charge is -2.31. The van der Waals surface area contributed by atoms with Crippen LogP contribution in [0.3, 0.4) is 0 Å². The first-order valence-electron chi connectivity index (χ1n) is 12.5. The minimum Gasteiger partial charge on any atom is -0.494 e. The summed E-state index contributed by atoms with van der Waals surface area (Å²) in [5, 5.41) is 2.94. The van der Waals surface area contributed by atoms with Gasteiger partial charge < -0.3 is 19.7 Å². The Morgan fingerprint density at radius 3 is 2.21 bits per heavy atom. The van der Waals surface area contributed by atoms with Crippen molar-refractivity contribution >= 4 is 12.0 Å². The van der Waals surface area contributed by atoms with Crippen molar-refractivity contribution in [1.29, 1.82) is 0 Å². The molecule has 1 aliphatic heterocycles. The average Bonchev–Trinajstić information content (AvgIpc) is 2.85. The average molecular weight is 467 g/mol. The van der Waals surface area contributed by atoms with Gasteiger partial charge in [-0.25, -0.2) is 4.79 Å². The van der Waals surface area contributed by atoms with E-state index < -0.39 is 0 Å². The zero-order valence-corrected chi connectivity index (χ0v) is 20.7. The van der Waals surface area contributed by atoms with Gasteiger partial charge in [-0.05, 0) is 80.8 Å². The van der Waals surface area contributed by atoms with Crippen LogP contribution in [0.15, 0.2) is 48.5 Å². The van der Waals surface area contributed by atoms with Crippen LogP contribution < -0.4 is 10.1 Å². The molecule has 1 aliphatic rings. The van der Waals surface area contributed by atoms with Crippen LogP contribution in [0.25, 0.3) is 11.1 Å². The van der Waals surface area contributed by atoms with Gasteiger partial charge in [0.25, 0.3) is 5.91 Å². The summed E-state index contributed by atoms with van der Waals surface area (Å²) in [6.45, 7) is 8.75. The molecule has 0 radical (unpaired) electrons. The van der Waals surface area contributed by atoms with E-state index in [-0.39, 0.29) is 18.1 Å². The Morgan fingerprint density at radius 2 is 1.62 bits per heavy atom. The Morgan fingerprint density at radius 1 is 1.00 bits per heavy atom. The lowest BCUT2D eigenvalue weighted by Crippen LogP contribution is -2.39.